The highest BCUT2D eigenvalue weighted by Crippen LogP contribution is 2.24. The fraction of sp³-hybridized carbons (Fsp3) is 0.182. The summed E-state index contributed by atoms with van der Waals surface area (Å²) in [5.41, 5.74) is 0.700. The summed E-state index contributed by atoms with van der Waals surface area (Å²) < 4.78 is 26.7. The first-order valence-corrected chi connectivity index (χ1v) is 4.94. The van der Waals surface area contributed by atoms with E-state index in [4.69, 9.17) is 11.6 Å². The lowest BCUT2D eigenvalue weighted by Crippen LogP contribution is -1.93. The second kappa shape index (κ2) is 3.74. The molecule has 0 aliphatic carbocycles. The molecule has 2 rings (SSSR count). The number of hydrogen-bond donors (Lipinski definition) is 0. The number of benzene rings is 1. The van der Waals surface area contributed by atoms with E-state index in [9.17, 15) is 8.78 Å². The molecular weight excluding hydrogens is 220 g/mol. The first-order chi connectivity index (χ1) is 7.13. The zero-order valence-electron chi connectivity index (χ0n) is 8.02. The van der Waals surface area contributed by atoms with Crippen LogP contribution in [0.2, 0.25) is 5.15 Å². The van der Waals surface area contributed by atoms with Crippen LogP contribution in [0.25, 0.3) is 10.9 Å². The molecule has 1 nitrogen and oxygen atoms in total. The van der Waals surface area contributed by atoms with E-state index in [0.717, 1.165) is 12.1 Å². The van der Waals surface area contributed by atoms with Crippen LogP contribution in [0.15, 0.2) is 18.2 Å². The highest BCUT2D eigenvalue weighted by atomic mass is 35.5. The summed E-state index contributed by atoms with van der Waals surface area (Å²) in [5, 5.41) is 0.408. The first-order valence-electron chi connectivity index (χ1n) is 4.56. The Morgan fingerprint density at radius 2 is 1.93 bits per heavy atom. The third kappa shape index (κ3) is 1.67. The third-order valence-electron chi connectivity index (χ3n) is 2.29. The Balaban J connectivity index is 2.86. The predicted octanol–water partition coefficient (Wildman–Crippen LogP) is 3.73. The maximum atomic E-state index is 13.4. The molecule has 4 heteroatoms. The average Bonchev–Trinajstić information content (AvgIpc) is 2.23. The van der Waals surface area contributed by atoms with Crippen molar-refractivity contribution in [2.45, 2.75) is 13.3 Å². The minimum atomic E-state index is -0.559. The number of aryl methyl sites for hydroxylation is 1. The molecule has 1 aromatic carbocycles. The molecule has 0 aliphatic rings. The Morgan fingerprint density at radius 1 is 1.27 bits per heavy atom. The summed E-state index contributed by atoms with van der Waals surface area (Å²) in [4.78, 5) is 3.86. The van der Waals surface area contributed by atoms with Crippen molar-refractivity contribution in [1.82, 2.24) is 4.98 Å². The Kier molecular flexibility index (Phi) is 2.57. The number of nitrogens with zero attached hydrogens (tertiary/aromatic N) is 1. The van der Waals surface area contributed by atoms with Crippen LogP contribution in [0, 0.1) is 11.6 Å². The molecule has 0 radical (unpaired) electrons. The quantitative estimate of drug-likeness (QED) is 0.677. The summed E-state index contributed by atoms with van der Waals surface area (Å²) in [7, 11) is 0. The molecule has 0 fully saturated rings. The highest BCUT2D eigenvalue weighted by molar-refractivity contribution is 6.30. The van der Waals surface area contributed by atoms with E-state index in [-0.39, 0.29) is 16.1 Å². The molecule has 2 aromatic rings. The van der Waals surface area contributed by atoms with Gasteiger partial charge in [-0.3, -0.25) is 0 Å². The maximum Gasteiger partial charge on any atom is 0.149 e. The normalized spacial score (nSPS) is 10.9. The van der Waals surface area contributed by atoms with Gasteiger partial charge in [-0.05, 0) is 30.2 Å². The lowest BCUT2D eigenvalue weighted by Gasteiger charge is -2.05. The molecule has 78 valence electrons. The van der Waals surface area contributed by atoms with Crippen molar-refractivity contribution in [3.8, 4) is 0 Å². The van der Waals surface area contributed by atoms with Gasteiger partial charge in [0, 0.05) is 5.39 Å². The number of pyridine rings is 1. The van der Waals surface area contributed by atoms with Crippen LogP contribution in [0.5, 0.6) is 0 Å². The van der Waals surface area contributed by atoms with Crippen molar-refractivity contribution in [2.24, 2.45) is 0 Å². The Labute approximate surface area is 90.7 Å². The van der Waals surface area contributed by atoms with Crippen LogP contribution >= 0.6 is 11.6 Å². The average molecular weight is 228 g/mol. The van der Waals surface area contributed by atoms with Crippen LogP contribution in [0.3, 0.4) is 0 Å². The van der Waals surface area contributed by atoms with E-state index >= 15 is 0 Å². The van der Waals surface area contributed by atoms with Crippen molar-refractivity contribution in [1.29, 1.82) is 0 Å². The Hall–Kier alpha value is -1.22. The van der Waals surface area contributed by atoms with Crippen LogP contribution in [0.4, 0.5) is 8.78 Å². The maximum absolute atomic E-state index is 13.4. The topological polar surface area (TPSA) is 12.9 Å². The molecule has 15 heavy (non-hydrogen) atoms. The second-order valence-electron chi connectivity index (χ2n) is 3.22. The van der Waals surface area contributed by atoms with Gasteiger partial charge in [-0.15, -0.1) is 0 Å². The van der Waals surface area contributed by atoms with Crippen LogP contribution in [-0.2, 0) is 6.42 Å². The molecule has 1 heterocycles. The fourth-order valence-corrected chi connectivity index (χ4v) is 1.73. The number of hydrogen-bond acceptors (Lipinski definition) is 1. The van der Waals surface area contributed by atoms with Gasteiger partial charge < -0.3 is 0 Å². The summed E-state index contributed by atoms with van der Waals surface area (Å²) in [6.07, 6.45) is 0.637. The third-order valence-corrected chi connectivity index (χ3v) is 2.62. The van der Waals surface area contributed by atoms with E-state index in [1.165, 1.54) is 0 Å². The Bertz CT molecular complexity index is 525. The molecule has 0 atom stereocenters. The minimum absolute atomic E-state index is 0.0165. The molecule has 0 N–H and O–H groups in total. The molecule has 0 saturated carbocycles. The summed E-state index contributed by atoms with van der Waals surface area (Å²) >= 11 is 5.83. The standard InChI is InChI=1S/C11H8ClF2N/c1-2-6-5-7-8(13)3-4-9(14)10(7)15-11(6)12/h3-5H,2H2,1H3. The van der Waals surface area contributed by atoms with Crippen molar-refractivity contribution in [2.75, 3.05) is 0 Å². The summed E-state index contributed by atoms with van der Waals surface area (Å²) in [6, 6.07) is 3.68. The summed E-state index contributed by atoms with van der Waals surface area (Å²) in [5.74, 6) is -1.04. The number of aromatic nitrogens is 1. The van der Waals surface area contributed by atoms with Gasteiger partial charge in [0.25, 0.3) is 0 Å². The van der Waals surface area contributed by atoms with Crippen molar-refractivity contribution >= 4 is 22.5 Å². The number of rotatable bonds is 1. The largest absolute Gasteiger partial charge is 0.233 e. The molecule has 1 aromatic heterocycles. The molecule has 0 bridgehead atoms. The molecule has 0 spiro atoms. The first kappa shape index (κ1) is 10.3. The number of fused-ring (bicyclic) bond motifs is 1. The van der Waals surface area contributed by atoms with Gasteiger partial charge in [0.2, 0.25) is 0 Å². The molecule has 0 aliphatic heterocycles. The molecular formula is C11H8ClF2N. The predicted molar refractivity (Wildman–Crippen MR) is 56.0 cm³/mol. The van der Waals surface area contributed by atoms with Gasteiger partial charge in [0.15, 0.2) is 0 Å². The smallest absolute Gasteiger partial charge is 0.149 e. The second-order valence-corrected chi connectivity index (χ2v) is 3.58. The molecule has 0 unspecified atom stereocenters. The van der Waals surface area contributed by atoms with Gasteiger partial charge in [0.1, 0.15) is 22.3 Å². The van der Waals surface area contributed by atoms with Crippen molar-refractivity contribution in [3.05, 3.63) is 40.6 Å². The van der Waals surface area contributed by atoms with Gasteiger partial charge in [-0.25, -0.2) is 13.8 Å². The minimum Gasteiger partial charge on any atom is -0.233 e. The van der Waals surface area contributed by atoms with E-state index in [1.807, 2.05) is 6.92 Å². The van der Waals surface area contributed by atoms with Crippen molar-refractivity contribution in [3.63, 3.8) is 0 Å². The fourth-order valence-electron chi connectivity index (χ4n) is 1.46. The summed E-state index contributed by atoms with van der Waals surface area (Å²) in [6.45, 7) is 1.88. The van der Waals surface area contributed by atoms with Crippen molar-refractivity contribution < 1.29 is 8.78 Å². The van der Waals surface area contributed by atoms with Gasteiger partial charge >= 0.3 is 0 Å². The van der Waals surface area contributed by atoms with Crippen LogP contribution in [-0.4, -0.2) is 4.98 Å². The molecule has 0 amide bonds. The van der Waals surface area contributed by atoms with E-state index in [0.29, 0.717) is 12.0 Å². The monoisotopic (exact) mass is 227 g/mol. The number of halogens is 3. The SMILES string of the molecule is CCc1cc2c(F)ccc(F)c2nc1Cl. The lowest BCUT2D eigenvalue weighted by molar-refractivity contribution is 0.615. The molecule has 0 saturated heterocycles. The van der Waals surface area contributed by atoms with Crippen LogP contribution in [0.1, 0.15) is 12.5 Å². The van der Waals surface area contributed by atoms with E-state index < -0.39 is 11.6 Å². The van der Waals surface area contributed by atoms with Crippen LogP contribution < -0.4 is 0 Å². The lowest BCUT2D eigenvalue weighted by atomic mass is 10.1. The Morgan fingerprint density at radius 3 is 2.60 bits per heavy atom. The van der Waals surface area contributed by atoms with Gasteiger partial charge in [-0.1, -0.05) is 18.5 Å². The zero-order chi connectivity index (χ0) is 11.0. The van der Waals surface area contributed by atoms with Gasteiger partial charge in [-0.2, -0.15) is 0 Å². The zero-order valence-corrected chi connectivity index (χ0v) is 8.78. The van der Waals surface area contributed by atoms with Gasteiger partial charge in [0.05, 0.1) is 0 Å². The van der Waals surface area contributed by atoms with E-state index in [2.05, 4.69) is 4.98 Å². The van der Waals surface area contributed by atoms with E-state index in [1.54, 1.807) is 6.07 Å². The highest BCUT2D eigenvalue weighted by Gasteiger charge is 2.10.